The summed E-state index contributed by atoms with van der Waals surface area (Å²) in [5.74, 6) is 0.860. The molecule has 6 atom stereocenters. The van der Waals surface area contributed by atoms with Crippen LogP contribution in [0.2, 0.25) is 13.1 Å². The number of aryl methyl sites for hydroxylation is 1. The molecule has 0 spiro atoms. The molecule has 5 rings (SSSR count). The Morgan fingerprint density at radius 2 is 1.14 bits per heavy atom. The average Bonchev–Trinajstić information content (AvgIpc) is 3.12. The van der Waals surface area contributed by atoms with Crippen LogP contribution in [0.3, 0.4) is 0 Å². The minimum atomic E-state index is -2.68. The summed E-state index contributed by atoms with van der Waals surface area (Å²) < 4.78 is 40.7. The van der Waals surface area contributed by atoms with Crippen LogP contribution in [0.4, 0.5) is 0 Å². The SMILES string of the molecule is CCS[C@@H]1O[C@H](COCc2ccccc2)[C@@H](OCc2ccccc2)[C@H](OCc2ccccc2)[C@H]1O[Si](C)(C)OC(C)CCc1ccccc1. The summed E-state index contributed by atoms with van der Waals surface area (Å²) in [6, 6.07) is 41.3. The molecule has 1 unspecified atom stereocenters. The Balaban J connectivity index is 1.38. The Bertz CT molecular complexity index is 1460. The van der Waals surface area contributed by atoms with Gasteiger partial charge in [-0.3, -0.25) is 0 Å². The Labute approximate surface area is 298 Å². The van der Waals surface area contributed by atoms with E-state index in [1.807, 2.05) is 54.6 Å². The van der Waals surface area contributed by atoms with Gasteiger partial charge in [-0.25, -0.2) is 0 Å². The van der Waals surface area contributed by atoms with Crippen molar-refractivity contribution in [2.75, 3.05) is 12.4 Å². The van der Waals surface area contributed by atoms with E-state index in [2.05, 4.69) is 93.7 Å². The van der Waals surface area contributed by atoms with Crippen molar-refractivity contribution in [2.45, 2.75) is 95.6 Å². The maximum Gasteiger partial charge on any atom is 0.332 e. The van der Waals surface area contributed by atoms with Gasteiger partial charge in [0, 0.05) is 6.10 Å². The molecule has 6 nitrogen and oxygen atoms in total. The molecule has 1 fully saturated rings. The molecule has 4 aromatic carbocycles. The van der Waals surface area contributed by atoms with Crippen molar-refractivity contribution in [3.05, 3.63) is 144 Å². The zero-order valence-corrected chi connectivity index (χ0v) is 31.1. The van der Waals surface area contributed by atoms with Gasteiger partial charge in [-0.1, -0.05) is 128 Å². The third-order valence-electron chi connectivity index (χ3n) is 8.47. The van der Waals surface area contributed by atoms with Crippen molar-refractivity contribution in [1.82, 2.24) is 0 Å². The Morgan fingerprint density at radius 1 is 0.653 bits per heavy atom. The third kappa shape index (κ3) is 12.2. The molecule has 0 aromatic heterocycles. The molecule has 0 amide bonds. The van der Waals surface area contributed by atoms with Crippen LogP contribution in [0.25, 0.3) is 0 Å². The number of ether oxygens (including phenoxy) is 4. The summed E-state index contributed by atoms with van der Waals surface area (Å²) in [7, 11) is -2.68. The van der Waals surface area contributed by atoms with Crippen LogP contribution in [0.5, 0.6) is 0 Å². The number of rotatable bonds is 19. The molecular formula is C41H52O6SSi. The Kier molecular flexibility index (Phi) is 15.0. The fraction of sp³-hybridized carbons (Fsp3) is 0.415. The monoisotopic (exact) mass is 700 g/mol. The standard InChI is InChI=1S/C41H52O6SSi/c1-5-48-41-40(47-49(3,4)46-32(2)26-27-33-18-10-6-11-19-33)39(44-30-36-24-16-9-17-25-36)38(43-29-35-22-14-8-15-23-35)37(45-41)31-42-28-34-20-12-7-13-21-34/h6-25,32,37-41H,5,26-31H2,1-4H3/t32?,37-,38-,39+,40-,41+/m1/s1. The molecule has 0 radical (unpaired) electrons. The number of benzene rings is 4. The van der Waals surface area contributed by atoms with Crippen LogP contribution in [0.15, 0.2) is 121 Å². The van der Waals surface area contributed by atoms with Gasteiger partial charge < -0.3 is 27.8 Å². The molecule has 262 valence electrons. The lowest BCUT2D eigenvalue weighted by molar-refractivity contribution is -0.241. The van der Waals surface area contributed by atoms with Crippen LogP contribution in [-0.4, -0.2) is 56.9 Å². The summed E-state index contributed by atoms with van der Waals surface area (Å²) in [6.45, 7) is 10.2. The second kappa shape index (κ2) is 19.6. The van der Waals surface area contributed by atoms with Gasteiger partial charge in [0.2, 0.25) is 0 Å². The molecule has 0 bridgehead atoms. The summed E-state index contributed by atoms with van der Waals surface area (Å²) in [5, 5.41) is 0. The van der Waals surface area contributed by atoms with Crippen molar-refractivity contribution in [2.24, 2.45) is 0 Å². The fourth-order valence-corrected chi connectivity index (χ4v) is 9.25. The second-order valence-corrected chi connectivity index (χ2v) is 17.6. The molecule has 49 heavy (non-hydrogen) atoms. The maximum absolute atomic E-state index is 7.10. The van der Waals surface area contributed by atoms with Gasteiger partial charge >= 0.3 is 8.56 Å². The topological polar surface area (TPSA) is 55.4 Å². The van der Waals surface area contributed by atoms with E-state index in [4.69, 9.17) is 27.8 Å². The van der Waals surface area contributed by atoms with Crippen molar-refractivity contribution in [1.29, 1.82) is 0 Å². The zero-order valence-electron chi connectivity index (χ0n) is 29.3. The summed E-state index contributed by atoms with van der Waals surface area (Å²) >= 11 is 1.73. The molecule has 0 saturated carbocycles. The van der Waals surface area contributed by atoms with Crippen molar-refractivity contribution < 1.29 is 27.8 Å². The quantitative estimate of drug-likeness (QED) is 0.0906. The minimum absolute atomic E-state index is 0.0385. The molecule has 8 heteroatoms. The van der Waals surface area contributed by atoms with E-state index in [0.29, 0.717) is 26.4 Å². The van der Waals surface area contributed by atoms with Crippen molar-refractivity contribution in [3.8, 4) is 0 Å². The predicted molar refractivity (Wildman–Crippen MR) is 201 cm³/mol. The highest BCUT2D eigenvalue weighted by Crippen LogP contribution is 2.36. The van der Waals surface area contributed by atoms with Gasteiger partial charge in [0.25, 0.3) is 0 Å². The van der Waals surface area contributed by atoms with Gasteiger partial charge in [0.15, 0.2) is 0 Å². The van der Waals surface area contributed by atoms with E-state index in [1.54, 1.807) is 11.8 Å². The highest BCUT2D eigenvalue weighted by molar-refractivity contribution is 7.99. The first-order chi connectivity index (χ1) is 23.9. The van der Waals surface area contributed by atoms with E-state index >= 15 is 0 Å². The van der Waals surface area contributed by atoms with Gasteiger partial charge in [-0.05, 0) is 60.9 Å². The lowest BCUT2D eigenvalue weighted by atomic mass is 9.99. The molecule has 1 aliphatic heterocycles. The summed E-state index contributed by atoms with van der Waals surface area (Å²) in [5.41, 5.74) is 4.31. The third-order valence-corrected chi connectivity index (χ3v) is 11.3. The maximum atomic E-state index is 7.10. The van der Waals surface area contributed by atoms with Gasteiger partial charge in [0.1, 0.15) is 29.9 Å². The normalized spacial score (nSPS) is 21.8. The van der Waals surface area contributed by atoms with E-state index < -0.39 is 26.9 Å². The van der Waals surface area contributed by atoms with Crippen LogP contribution in [0.1, 0.15) is 42.5 Å². The first-order valence-electron chi connectivity index (χ1n) is 17.5. The molecule has 1 aliphatic rings. The number of thioether (sulfide) groups is 1. The lowest BCUT2D eigenvalue weighted by Gasteiger charge is -2.48. The highest BCUT2D eigenvalue weighted by Gasteiger charge is 2.50. The van der Waals surface area contributed by atoms with Gasteiger partial charge in [-0.2, -0.15) is 0 Å². The lowest BCUT2D eigenvalue weighted by Crippen LogP contribution is -2.62. The second-order valence-electron chi connectivity index (χ2n) is 13.0. The van der Waals surface area contributed by atoms with Crippen LogP contribution >= 0.6 is 11.8 Å². The Hall–Kier alpha value is -2.79. The van der Waals surface area contributed by atoms with E-state index in [1.165, 1.54) is 5.56 Å². The first-order valence-corrected chi connectivity index (χ1v) is 21.4. The molecular weight excluding hydrogens is 649 g/mol. The molecule has 1 saturated heterocycles. The van der Waals surface area contributed by atoms with Crippen LogP contribution < -0.4 is 0 Å². The minimum Gasteiger partial charge on any atom is -0.392 e. The van der Waals surface area contributed by atoms with Gasteiger partial charge in [0.05, 0.1) is 26.4 Å². The summed E-state index contributed by atoms with van der Waals surface area (Å²) in [4.78, 5) is 0. The molecule has 4 aromatic rings. The zero-order chi connectivity index (χ0) is 34.3. The van der Waals surface area contributed by atoms with Crippen molar-refractivity contribution >= 4 is 20.3 Å². The average molecular weight is 701 g/mol. The first kappa shape index (κ1) is 37.5. The van der Waals surface area contributed by atoms with Crippen molar-refractivity contribution in [3.63, 3.8) is 0 Å². The predicted octanol–water partition coefficient (Wildman–Crippen LogP) is 8.98. The van der Waals surface area contributed by atoms with Gasteiger partial charge in [-0.15, -0.1) is 11.8 Å². The largest absolute Gasteiger partial charge is 0.392 e. The molecule has 1 heterocycles. The van der Waals surface area contributed by atoms with Crippen LogP contribution in [-0.2, 0) is 54.0 Å². The van der Waals surface area contributed by atoms with E-state index in [-0.39, 0.29) is 17.6 Å². The Morgan fingerprint density at radius 3 is 1.67 bits per heavy atom. The smallest absolute Gasteiger partial charge is 0.332 e. The number of hydrogen-bond donors (Lipinski definition) is 0. The molecule has 0 aliphatic carbocycles. The number of hydrogen-bond acceptors (Lipinski definition) is 7. The fourth-order valence-electron chi connectivity index (χ4n) is 6.14. The van der Waals surface area contributed by atoms with E-state index in [9.17, 15) is 0 Å². The van der Waals surface area contributed by atoms with E-state index in [0.717, 1.165) is 35.3 Å². The molecule has 0 N–H and O–H groups in total. The van der Waals surface area contributed by atoms with Crippen LogP contribution in [0, 0.1) is 0 Å². The summed E-state index contributed by atoms with van der Waals surface area (Å²) in [6.07, 6.45) is 0.249. The highest BCUT2D eigenvalue weighted by atomic mass is 32.2.